The molecule has 1 aromatic heterocycles. The number of carbonyl (C=O) groups excluding carboxylic acids is 1. The lowest BCUT2D eigenvalue weighted by Gasteiger charge is -2.36. The summed E-state index contributed by atoms with van der Waals surface area (Å²) in [4.78, 5) is 18.6. The van der Waals surface area contributed by atoms with Crippen molar-refractivity contribution in [3.63, 3.8) is 0 Å². The fourth-order valence-electron chi connectivity index (χ4n) is 2.65. The Bertz CT molecular complexity index is 462. The third-order valence-electron chi connectivity index (χ3n) is 3.78. The number of hydrogen-bond acceptors (Lipinski definition) is 5. The Morgan fingerprint density at radius 1 is 1.65 bits per heavy atom. The van der Waals surface area contributed by atoms with Gasteiger partial charge in [0.2, 0.25) is 0 Å². The zero-order valence-corrected chi connectivity index (χ0v) is 12.2. The molecule has 2 atom stereocenters. The van der Waals surface area contributed by atoms with Crippen molar-refractivity contribution < 1.29 is 9.53 Å². The number of pyridine rings is 1. The van der Waals surface area contributed by atoms with Crippen molar-refractivity contribution in [1.82, 2.24) is 4.98 Å². The third kappa shape index (κ3) is 3.28. The Kier molecular flexibility index (Phi) is 4.95. The Hall–Kier alpha value is -1.62. The first kappa shape index (κ1) is 14.8. The van der Waals surface area contributed by atoms with E-state index in [0.717, 1.165) is 31.7 Å². The molecule has 110 valence electrons. The first-order valence-corrected chi connectivity index (χ1v) is 7.26. The van der Waals surface area contributed by atoms with E-state index in [9.17, 15) is 4.79 Å². The van der Waals surface area contributed by atoms with Crippen LogP contribution in [0.2, 0.25) is 0 Å². The molecule has 5 heteroatoms. The number of rotatable bonds is 4. The van der Waals surface area contributed by atoms with Crippen LogP contribution in [-0.4, -0.2) is 36.7 Å². The maximum absolute atomic E-state index is 12.0. The Morgan fingerprint density at radius 3 is 3.15 bits per heavy atom. The largest absolute Gasteiger partial charge is 0.462 e. The van der Waals surface area contributed by atoms with Gasteiger partial charge in [0.25, 0.3) is 0 Å². The molecule has 0 radical (unpaired) electrons. The summed E-state index contributed by atoms with van der Waals surface area (Å²) in [6.45, 7) is 5.98. The highest BCUT2D eigenvalue weighted by molar-refractivity contribution is 5.94. The molecular formula is C15H23N3O2. The molecule has 1 aliphatic heterocycles. The number of ether oxygens (including phenoxy) is 1. The van der Waals surface area contributed by atoms with Crippen molar-refractivity contribution in [2.75, 3.05) is 24.6 Å². The molecule has 2 N–H and O–H groups in total. The number of nitrogens with zero attached hydrogens (tertiary/aromatic N) is 2. The maximum atomic E-state index is 12.0. The quantitative estimate of drug-likeness (QED) is 0.850. The minimum atomic E-state index is -0.307. The van der Waals surface area contributed by atoms with Crippen molar-refractivity contribution in [3.05, 3.63) is 23.9 Å². The summed E-state index contributed by atoms with van der Waals surface area (Å²) in [7, 11) is 0. The summed E-state index contributed by atoms with van der Waals surface area (Å²) < 4.78 is 5.10. The summed E-state index contributed by atoms with van der Waals surface area (Å²) in [5.41, 5.74) is 6.56. The van der Waals surface area contributed by atoms with Crippen molar-refractivity contribution in [1.29, 1.82) is 0 Å². The molecule has 1 saturated heterocycles. The number of esters is 1. The minimum absolute atomic E-state index is 0.160. The molecule has 2 heterocycles. The van der Waals surface area contributed by atoms with E-state index in [-0.39, 0.29) is 12.0 Å². The average molecular weight is 277 g/mol. The molecule has 0 aromatic carbocycles. The van der Waals surface area contributed by atoms with Gasteiger partial charge in [0, 0.05) is 25.3 Å². The lowest BCUT2D eigenvalue weighted by molar-refractivity contribution is 0.0526. The highest BCUT2D eigenvalue weighted by Crippen LogP contribution is 2.26. The summed E-state index contributed by atoms with van der Waals surface area (Å²) in [6, 6.07) is 3.70. The van der Waals surface area contributed by atoms with Crippen LogP contribution in [-0.2, 0) is 4.74 Å². The van der Waals surface area contributed by atoms with Gasteiger partial charge in [-0.3, -0.25) is 0 Å². The molecule has 2 rings (SSSR count). The number of hydrogen-bond donors (Lipinski definition) is 1. The Balaban J connectivity index is 2.21. The molecule has 0 aliphatic carbocycles. The smallest absolute Gasteiger partial charge is 0.341 e. The van der Waals surface area contributed by atoms with Crippen molar-refractivity contribution in [2.45, 2.75) is 32.7 Å². The van der Waals surface area contributed by atoms with E-state index in [2.05, 4.69) is 9.88 Å². The lowest BCUT2D eigenvalue weighted by atomic mass is 9.92. The topological polar surface area (TPSA) is 68.5 Å². The molecule has 2 unspecified atom stereocenters. The van der Waals surface area contributed by atoms with Gasteiger partial charge in [0.15, 0.2) is 0 Å². The second kappa shape index (κ2) is 6.70. The van der Waals surface area contributed by atoms with Gasteiger partial charge < -0.3 is 15.4 Å². The van der Waals surface area contributed by atoms with Crippen LogP contribution in [0, 0.1) is 5.92 Å². The molecule has 1 fully saturated rings. The van der Waals surface area contributed by atoms with Gasteiger partial charge in [-0.25, -0.2) is 9.78 Å². The summed E-state index contributed by atoms with van der Waals surface area (Å²) in [6.07, 6.45) is 3.92. The number of anilines is 1. The van der Waals surface area contributed by atoms with E-state index in [1.165, 1.54) is 0 Å². The standard InChI is InChI=1S/C15H23N3O2/c1-3-20-15(19)13-7-4-8-17-14(13)18-9-5-6-12(10-18)11(2)16/h4,7-8,11-12H,3,5-6,9-10,16H2,1-2H3. The van der Waals surface area contributed by atoms with Crippen LogP contribution in [0.15, 0.2) is 18.3 Å². The molecule has 0 spiro atoms. The van der Waals surface area contributed by atoms with Gasteiger partial charge in [-0.15, -0.1) is 0 Å². The summed E-state index contributed by atoms with van der Waals surface area (Å²) in [5.74, 6) is 0.857. The average Bonchev–Trinajstić information content (AvgIpc) is 2.47. The summed E-state index contributed by atoms with van der Waals surface area (Å²) in [5, 5.41) is 0. The van der Waals surface area contributed by atoms with Crippen molar-refractivity contribution in [2.24, 2.45) is 11.7 Å². The van der Waals surface area contributed by atoms with Gasteiger partial charge in [-0.1, -0.05) is 0 Å². The molecule has 0 amide bonds. The fourth-order valence-corrected chi connectivity index (χ4v) is 2.65. The Labute approximate surface area is 120 Å². The number of carbonyl (C=O) groups is 1. The van der Waals surface area contributed by atoms with Gasteiger partial charge in [-0.05, 0) is 44.7 Å². The second-order valence-electron chi connectivity index (χ2n) is 5.30. The number of nitrogens with two attached hydrogens (primary N) is 1. The molecule has 1 aromatic rings. The molecular weight excluding hydrogens is 254 g/mol. The number of aromatic nitrogens is 1. The van der Waals surface area contributed by atoms with Gasteiger partial charge in [0.1, 0.15) is 11.4 Å². The van der Waals surface area contributed by atoms with E-state index >= 15 is 0 Å². The van der Waals surface area contributed by atoms with Crippen LogP contribution in [0.3, 0.4) is 0 Å². The van der Waals surface area contributed by atoms with E-state index in [1.807, 2.05) is 6.92 Å². The molecule has 0 bridgehead atoms. The Morgan fingerprint density at radius 2 is 2.45 bits per heavy atom. The van der Waals surface area contributed by atoms with Crippen LogP contribution in [0.1, 0.15) is 37.0 Å². The van der Waals surface area contributed by atoms with E-state index < -0.39 is 0 Å². The van der Waals surface area contributed by atoms with Crippen LogP contribution in [0.5, 0.6) is 0 Å². The molecule has 20 heavy (non-hydrogen) atoms. The predicted molar refractivity (Wildman–Crippen MR) is 78.8 cm³/mol. The van der Waals surface area contributed by atoms with E-state index in [0.29, 0.717) is 18.1 Å². The molecule has 0 saturated carbocycles. The van der Waals surface area contributed by atoms with Gasteiger partial charge in [-0.2, -0.15) is 0 Å². The highest BCUT2D eigenvalue weighted by atomic mass is 16.5. The van der Waals surface area contributed by atoms with E-state index in [4.69, 9.17) is 10.5 Å². The lowest BCUT2D eigenvalue weighted by Crippen LogP contribution is -2.43. The predicted octanol–water partition coefficient (Wildman–Crippen LogP) is 1.82. The van der Waals surface area contributed by atoms with E-state index in [1.54, 1.807) is 25.3 Å². The van der Waals surface area contributed by atoms with Crippen molar-refractivity contribution in [3.8, 4) is 0 Å². The van der Waals surface area contributed by atoms with Crippen LogP contribution in [0.25, 0.3) is 0 Å². The minimum Gasteiger partial charge on any atom is -0.462 e. The fraction of sp³-hybridized carbons (Fsp3) is 0.600. The summed E-state index contributed by atoms with van der Waals surface area (Å²) >= 11 is 0. The molecule has 1 aliphatic rings. The normalized spacial score (nSPS) is 20.6. The highest BCUT2D eigenvalue weighted by Gasteiger charge is 2.26. The SMILES string of the molecule is CCOC(=O)c1cccnc1N1CCCC(C(C)N)C1. The second-order valence-corrected chi connectivity index (χ2v) is 5.30. The van der Waals surface area contributed by atoms with Crippen LogP contribution in [0.4, 0.5) is 5.82 Å². The first-order valence-electron chi connectivity index (χ1n) is 7.26. The van der Waals surface area contributed by atoms with Crippen LogP contribution >= 0.6 is 0 Å². The first-order chi connectivity index (χ1) is 9.63. The zero-order valence-electron chi connectivity index (χ0n) is 12.2. The van der Waals surface area contributed by atoms with Crippen LogP contribution < -0.4 is 10.6 Å². The molecule has 5 nitrogen and oxygen atoms in total. The van der Waals surface area contributed by atoms with Crippen molar-refractivity contribution >= 4 is 11.8 Å². The third-order valence-corrected chi connectivity index (χ3v) is 3.78. The number of piperidine rings is 1. The monoisotopic (exact) mass is 277 g/mol. The maximum Gasteiger partial charge on any atom is 0.341 e. The van der Waals surface area contributed by atoms with Gasteiger partial charge >= 0.3 is 5.97 Å². The van der Waals surface area contributed by atoms with Gasteiger partial charge in [0.05, 0.1) is 6.61 Å². The zero-order chi connectivity index (χ0) is 14.5.